The smallest absolute Gasteiger partial charge is 0.363 e. The summed E-state index contributed by atoms with van der Waals surface area (Å²) in [4.78, 5) is 29.8. The minimum absolute atomic E-state index is 0.0563. The minimum Gasteiger partial charge on any atom is -0.508 e. The second kappa shape index (κ2) is 8.03. The second-order valence-electron chi connectivity index (χ2n) is 7.81. The first-order chi connectivity index (χ1) is 16.7. The molecule has 1 aliphatic heterocycles. The van der Waals surface area contributed by atoms with Crippen LogP contribution in [0, 0.1) is 0 Å². The van der Waals surface area contributed by atoms with Crippen LogP contribution in [-0.4, -0.2) is 42.2 Å². The standard InChI is InChI=1S/C25H17NO9/c27-13-2-5-16-19(10-13)34-20-11-14(28)3-6-17(20)23(16)15-4-1-12(9-18(15)24(31)32)25(33)35-26-21(29)7-8-22(26)30/h1-11,23,27-30H,(H,31,32). The zero-order valence-electron chi connectivity index (χ0n) is 17.7. The lowest BCUT2D eigenvalue weighted by Crippen LogP contribution is -2.20. The van der Waals surface area contributed by atoms with E-state index in [1.807, 2.05) is 0 Å². The summed E-state index contributed by atoms with van der Waals surface area (Å²) in [6, 6.07) is 15.1. The lowest BCUT2D eigenvalue weighted by atomic mass is 9.80. The Bertz CT molecular complexity index is 1430. The third-order valence-corrected chi connectivity index (χ3v) is 5.64. The van der Waals surface area contributed by atoms with Crippen molar-refractivity contribution in [3.8, 4) is 34.8 Å². The number of carbonyl (C=O) groups excluding carboxylic acids is 1. The summed E-state index contributed by atoms with van der Waals surface area (Å²) in [5.41, 5.74) is 1.12. The highest BCUT2D eigenvalue weighted by atomic mass is 16.7. The molecule has 5 N–H and O–H groups in total. The van der Waals surface area contributed by atoms with Crippen molar-refractivity contribution in [3.05, 3.63) is 94.5 Å². The number of phenols is 2. The number of carboxylic acid groups (broad SMARTS) is 1. The number of carbonyl (C=O) groups is 2. The van der Waals surface area contributed by atoms with E-state index in [-0.39, 0.29) is 34.1 Å². The first kappa shape index (κ1) is 21.7. The number of carboxylic acids is 1. The molecular weight excluding hydrogens is 458 g/mol. The lowest BCUT2D eigenvalue weighted by molar-refractivity contribution is 0.0381. The Morgan fingerprint density at radius 1 is 0.743 bits per heavy atom. The van der Waals surface area contributed by atoms with Gasteiger partial charge in [-0.15, -0.1) is 4.73 Å². The van der Waals surface area contributed by atoms with E-state index >= 15 is 0 Å². The fourth-order valence-corrected chi connectivity index (χ4v) is 4.07. The van der Waals surface area contributed by atoms with E-state index in [2.05, 4.69) is 0 Å². The zero-order chi connectivity index (χ0) is 24.9. The Morgan fingerprint density at radius 3 is 1.83 bits per heavy atom. The molecule has 5 rings (SSSR count). The lowest BCUT2D eigenvalue weighted by Gasteiger charge is -2.29. The third-order valence-electron chi connectivity index (χ3n) is 5.64. The largest absolute Gasteiger partial charge is 0.508 e. The van der Waals surface area contributed by atoms with E-state index < -0.39 is 29.6 Å². The average molecular weight is 475 g/mol. The van der Waals surface area contributed by atoms with Gasteiger partial charge in [0.05, 0.1) is 11.1 Å². The van der Waals surface area contributed by atoms with Crippen LogP contribution in [0.5, 0.6) is 34.8 Å². The zero-order valence-corrected chi connectivity index (χ0v) is 17.7. The molecule has 35 heavy (non-hydrogen) atoms. The van der Waals surface area contributed by atoms with E-state index in [4.69, 9.17) is 9.57 Å². The van der Waals surface area contributed by atoms with E-state index in [9.17, 15) is 35.1 Å². The summed E-state index contributed by atoms with van der Waals surface area (Å²) in [6.07, 6.45) is 0. The van der Waals surface area contributed by atoms with Crippen molar-refractivity contribution >= 4 is 11.9 Å². The summed E-state index contributed by atoms with van der Waals surface area (Å²) in [5, 5.41) is 49.2. The number of rotatable bonds is 4. The maximum atomic E-state index is 12.6. The Morgan fingerprint density at radius 2 is 1.29 bits per heavy atom. The van der Waals surface area contributed by atoms with E-state index in [0.29, 0.717) is 21.4 Å². The molecule has 3 aromatic carbocycles. The number of phenolic OH excluding ortho intramolecular Hbond substituents is 2. The van der Waals surface area contributed by atoms with Crippen molar-refractivity contribution in [3.63, 3.8) is 0 Å². The molecule has 1 aliphatic rings. The number of aromatic hydroxyl groups is 4. The van der Waals surface area contributed by atoms with Gasteiger partial charge >= 0.3 is 11.9 Å². The van der Waals surface area contributed by atoms with Gasteiger partial charge in [0.25, 0.3) is 0 Å². The predicted molar refractivity (Wildman–Crippen MR) is 119 cm³/mol. The Balaban J connectivity index is 1.62. The van der Waals surface area contributed by atoms with Gasteiger partial charge in [0, 0.05) is 41.3 Å². The van der Waals surface area contributed by atoms with Crippen LogP contribution < -0.4 is 9.57 Å². The van der Waals surface area contributed by atoms with Gasteiger partial charge in [0.1, 0.15) is 23.0 Å². The quantitative estimate of drug-likeness (QED) is 0.262. The second-order valence-corrected chi connectivity index (χ2v) is 7.81. The Kier molecular flexibility index (Phi) is 4.98. The molecule has 10 nitrogen and oxygen atoms in total. The molecule has 0 aliphatic carbocycles. The molecule has 4 aromatic rings. The van der Waals surface area contributed by atoms with Gasteiger partial charge < -0.3 is 35.1 Å². The van der Waals surface area contributed by atoms with Gasteiger partial charge in [-0.1, -0.05) is 18.2 Å². The number of benzene rings is 3. The maximum Gasteiger partial charge on any atom is 0.363 e. The summed E-state index contributed by atoms with van der Waals surface area (Å²) in [7, 11) is 0. The molecule has 176 valence electrons. The highest BCUT2D eigenvalue weighted by Gasteiger charge is 2.32. The van der Waals surface area contributed by atoms with Gasteiger partial charge in [-0.25, -0.2) is 9.59 Å². The molecule has 0 amide bonds. The van der Waals surface area contributed by atoms with Gasteiger partial charge in [-0.3, -0.25) is 0 Å². The molecule has 2 heterocycles. The molecule has 1 aromatic heterocycles. The maximum absolute atomic E-state index is 12.6. The highest BCUT2D eigenvalue weighted by molar-refractivity contribution is 5.96. The highest BCUT2D eigenvalue weighted by Crippen LogP contribution is 2.49. The van der Waals surface area contributed by atoms with Crippen molar-refractivity contribution in [1.82, 2.24) is 4.73 Å². The molecule has 0 bridgehead atoms. The first-order valence-electron chi connectivity index (χ1n) is 10.3. The third kappa shape index (κ3) is 3.72. The summed E-state index contributed by atoms with van der Waals surface area (Å²) in [5.74, 6) is -3.57. The van der Waals surface area contributed by atoms with Crippen molar-refractivity contribution < 1.29 is 44.7 Å². The molecule has 0 fully saturated rings. The van der Waals surface area contributed by atoms with E-state index in [0.717, 1.165) is 18.2 Å². The number of aromatic nitrogens is 1. The topological polar surface area (TPSA) is 159 Å². The van der Waals surface area contributed by atoms with Crippen molar-refractivity contribution in [2.24, 2.45) is 0 Å². The van der Waals surface area contributed by atoms with Gasteiger partial charge in [0.2, 0.25) is 11.8 Å². The normalized spacial score (nSPS) is 12.3. The van der Waals surface area contributed by atoms with E-state index in [1.165, 1.54) is 36.4 Å². The van der Waals surface area contributed by atoms with Crippen LogP contribution in [0.4, 0.5) is 0 Å². The Hall–Kier alpha value is -5.12. The summed E-state index contributed by atoms with van der Waals surface area (Å²) >= 11 is 0. The molecule has 0 radical (unpaired) electrons. The van der Waals surface area contributed by atoms with Crippen LogP contribution in [0.3, 0.4) is 0 Å². The Labute approximate surface area is 197 Å². The molecule has 0 saturated heterocycles. The number of fused-ring (bicyclic) bond motifs is 2. The van der Waals surface area contributed by atoms with Crippen molar-refractivity contribution in [2.75, 3.05) is 0 Å². The number of ether oxygens (including phenoxy) is 1. The monoisotopic (exact) mass is 475 g/mol. The molecule has 0 spiro atoms. The van der Waals surface area contributed by atoms with Crippen LogP contribution in [-0.2, 0) is 0 Å². The molecule has 10 heteroatoms. The van der Waals surface area contributed by atoms with Crippen LogP contribution in [0.15, 0.2) is 66.7 Å². The van der Waals surface area contributed by atoms with Crippen LogP contribution in [0.25, 0.3) is 0 Å². The van der Waals surface area contributed by atoms with Crippen molar-refractivity contribution in [2.45, 2.75) is 5.92 Å². The number of nitrogens with zero attached hydrogens (tertiary/aromatic N) is 1. The fourth-order valence-electron chi connectivity index (χ4n) is 4.07. The van der Waals surface area contributed by atoms with Gasteiger partial charge in [-0.05, 0) is 29.8 Å². The summed E-state index contributed by atoms with van der Waals surface area (Å²) < 4.78 is 6.34. The molecule has 0 unspecified atom stereocenters. The van der Waals surface area contributed by atoms with E-state index in [1.54, 1.807) is 12.1 Å². The average Bonchev–Trinajstić information content (AvgIpc) is 3.14. The van der Waals surface area contributed by atoms with Crippen LogP contribution in [0.1, 0.15) is 43.3 Å². The number of hydrogen-bond acceptors (Lipinski definition) is 8. The SMILES string of the molecule is O=C(On1c(O)ccc1O)c1ccc(C2c3ccc(O)cc3Oc3cc(O)ccc32)c(C(=O)O)c1. The van der Waals surface area contributed by atoms with Crippen LogP contribution in [0.2, 0.25) is 0 Å². The predicted octanol–water partition coefficient (Wildman–Crippen LogP) is 3.56. The van der Waals surface area contributed by atoms with Gasteiger partial charge in [0.15, 0.2) is 0 Å². The molecule has 0 saturated carbocycles. The van der Waals surface area contributed by atoms with Crippen molar-refractivity contribution in [1.29, 1.82) is 0 Å². The molecule has 0 atom stereocenters. The summed E-state index contributed by atoms with van der Waals surface area (Å²) in [6.45, 7) is 0. The fraction of sp³-hybridized carbons (Fsp3) is 0.0400. The number of aromatic carboxylic acids is 1. The van der Waals surface area contributed by atoms with Crippen LogP contribution >= 0.6 is 0 Å². The first-order valence-corrected chi connectivity index (χ1v) is 10.3. The minimum atomic E-state index is -1.31. The van der Waals surface area contributed by atoms with Gasteiger partial charge in [-0.2, -0.15) is 0 Å². The number of hydrogen-bond donors (Lipinski definition) is 5. The molecular formula is C25H17NO9.